The van der Waals surface area contributed by atoms with E-state index in [9.17, 15) is 0 Å². The van der Waals surface area contributed by atoms with Crippen LogP contribution in [0.3, 0.4) is 0 Å². The Labute approximate surface area is 139 Å². The normalized spacial score (nSPS) is 18.0. The summed E-state index contributed by atoms with van der Waals surface area (Å²) in [5.41, 5.74) is 0. The Morgan fingerprint density at radius 3 is 1.82 bits per heavy atom. The molecule has 0 unspecified atom stereocenters. The molecule has 0 bridgehead atoms. The van der Waals surface area contributed by atoms with Gasteiger partial charge in [-0.1, -0.05) is 19.8 Å². The van der Waals surface area contributed by atoms with E-state index < -0.39 is 8.80 Å². The first-order chi connectivity index (χ1) is 10.7. The van der Waals surface area contributed by atoms with Crippen molar-refractivity contribution in [1.29, 1.82) is 0 Å². The van der Waals surface area contributed by atoms with Crippen molar-refractivity contribution in [3.8, 4) is 0 Å². The Balaban J connectivity index is 2.32. The topological polar surface area (TPSA) is 27.7 Å². The first kappa shape index (κ1) is 20.1. The van der Waals surface area contributed by atoms with Gasteiger partial charge in [0, 0.05) is 40.2 Å². The van der Waals surface area contributed by atoms with Gasteiger partial charge in [0.05, 0.1) is 26.2 Å². The van der Waals surface area contributed by atoms with Crippen LogP contribution in [0.4, 0.5) is 0 Å². The molecule has 1 fully saturated rings. The zero-order valence-electron chi connectivity index (χ0n) is 15.4. The van der Waals surface area contributed by atoms with Crippen molar-refractivity contribution >= 4 is 8.80 Å². The highest BCUT2D eigenvalue weighted by atomic mass is 28.4. The molecule has 132 valence electrons. The largest absolute Gasteiger partial charge is 0.500 e. The van der Waals surface area contributed by atoms with Gasteiger partial charge in [-0.3, -0.25) is 0 Å². The molecule has 1 heterocycles. The lowest BCUT2D eigenvalue weighted by molar-refractivity contribution is -0.917. The van der Waals surface area contributed by atoms with Crippen molar-refractivity contribution < 1.29 is 17.8 Å². The van der Waals surface area contributed by atoms with E-state index >= 15 is 0 Å². The molecule has 1 saturated heterocycles. The van der Waals surface area contributed by atoms with Crippen molar-refractivity contribution in [3.05, 3.63) is 0 Å². The fraction of sp³-hybridized carbons (Fsp3) is 1.00. The van der Waals surface area contributed by atoms with Gasteiger partial charge >= 0.3 is 8.80 Å². The highest BCUT2D eigenvalue weighted by Gasteiger charge is 2.37. The number of hydrogen-bond donors (Lipinski definition) is 0. The summed E-state index contributed by atoms with van der Waals surface area (Å²) < 4.78 is 17.9. The third kappa shape index (κ3) is 6.28. The van der Waals surface area contributed by atoms with Gasteiger partial charge < -0.3 is 17.8 Å². The van der Waals surface area contributed by atoms with Crippen LogP contribution in [0.2, 0.25) is 6.04 Å². The van der Waals surface area contributed by atoms with Crippen LogP contribution in [0.1, 0.15) is 58.3 Å². The highest BCUT2D eigenvalue weighted by Crippen LogP contribution is 2.24. The Bertz CT molecular complexity index is 271. The van der Waals surface area contributed by atoms with Gasteiger partial charge in [-0.05, 0) is 25.7 Å². The maximum absolute atomic E-state index is 5.51. The number of quaternary nitrogens is 1. The third-order valence-electron chi connectivity index (χ3n) is 5.30. The number of unbranched alkanes of at least 4 members (excludes halogenated alkanes) is 4. The molecule has 0 amide bonds. The molecule has 1 aliphatic rings. The number of hydrogen-bond acceptors (Lipinski definition) is 3. The SMILES string of the molecule is CCCCCC[N+]1(CCCC[Si](OC)(OC)OC)CCCC1. The predicted molar refractivity (Wildman–Crippen MR) is 93.9 cm³/mol. The smallest absolute Gasteiger partial charge is 0.377 e. The molecule has 22 heavy (non-hydrogen) atoms. The first-order valence-electron chi connectivity index (χ1n) is 9.16. The first-order valence-corrected chi connectivity index (χ1v) is 11.1. The predicted octanol–water partition coefficient (Wildman–Crippen LogP) is 3.84. The minimum atomic E-state index is -2.36. The zero-order valence-corrected chi connectivity index (χ0v) is 16.4. The van der Waals surface area contributed by atoms with E-state index in [1.807, 2.05) is 0 Å². The van der Waals surface area contributed by atoms with Gasteiger partial charge in [0.25, 0.3) is 0 Å². The second-order valence-electron chi connectivity index (χ2n) is 6.76. The zero-order chi connectivity index (χ0) is 16.3. The summed E-state index contributed by atoms with van der Waals surface area (Å²) in [5.74, 6) is 0. The summed E-state index contributed by atoms with van der Waals surface area (Å²) in [6, 6.07) is 0.937. The van der Waals surface area contributed by atoms with Gasteiger partial charge in [0.1, 0.15) is 0 Å². The summed E-state index contributed by atoms with van der Waals surface area (Å²) in [7, 11) is 2.77. The van der Waals surface area contributed by atoms with Crippen molar-refractivity contribution in [1.82, 2.24) is 0 Å². The summed E-state index contributed by atoms with van der Waals surface area (Å²) >= 11 is 0. The summed E-state index contributed by atoms with van der Waals surface area (Å²) in [5, 5.41) is 0. The molecular formula is C17H38NO3Si+. The molecule has 0 aliphatic carbocycles. The number of nitrogens with zero attached hydrogens (tertiary/aromatic N) is 1. The molecule has 5 heteroatoms. The number of likely N-dealkylation sites (tertiary alicyclic amines) is 1. The molecule has 0 aromatic rings. The van der Waals surface area contributed by atoms with Gasteiger partial charge in [-0.15, -0.1) is 0 Å². The minimum absolute atomic E-state index is 0.937. The van der Waals surface area contributed by atoms with Gasteiger partial charge in [0.2, 0.25) is 0 Å². The molecule has 0 aromatic heterocycles. The fourth-order valence-corrected chi connectivity index (χ4v) is 5.58. The van der Waals surface area contributed by atoms with Gasteiger partial charge in [0.15, 0.2) is 0 Å². The molecule has 1 aliphatic heterocycles. The Kier molecular flexibility index (Phi) is 9.83. The van der Waals surface area contributed by atoms with Gasteiger partial charge in [-0.2, -0.15) is 0 Å². The minimum Gasteiger partial charge on any atom is -0.377 e. The summed E-state index contributed by atoms with van der Waals surface area (Å²) in [6.45, 7) is 7.80. The maximum atomic E-state index is 5.51. The van der Waals surface area contributed by atoms with Crippen LogP contribution in [0, 0.1) is 0 Å². The molecule has 0 N–H and O–H groups in total. The molecule has 4 nitrogen and oxygen atoms in total. The van der Waals surface area contributed by atoms with E-state index in [1.165, 1.54) is 75.6 Å². The summed E-state index contributed by atoms with van der Waals surface area (Å²) in [4.78, 5) is 0. The molecule has 1 rings (SSSR count). The van der Waals surface area contributed by atoms with E-state index in [0.29, 0.717) is 0 Å². The second-order valence-corrected chi connectivity index (χ2v) is 9.85. The van der Waals surface area contributed by atoms with Gasteiger partial charge in [-0.25, -0.2) is 0 Å². The highest BCUT2D eigenvalue weighted by molar-refractivity contribution is 6.60. The molecule has 0 saturated carbocycles. The lowest BCUT2D eigenvalue weighted by Crippen LogP contribution is -2.47. The van der Waals surface area contributed by atoms with Crippen LogP contribution in [0.5, 0.6) is 0 Å². The van der Waals surface area contributed by atoms with E-state index in [-0.39, 0.29) is 0 Å². The van der Waals surface area contributed by atoms with Crippen LogP contribution in [-0.2, 0) is 13.3 Å². The molecule has 0 radical (unpaired) electrons. The van der Waals surface area contributed by atoms with Crippen molar-refractivity contribution in [2.45, 2.75) is 64.3 Å². The van der Waals surface area contributed by atoms with Crippen molar-refractivity contribution in [2.24, 2.45) is 0 Å². The molecule has 0 aromatic carbocycles. The van der Waals surface area contributed by atoms with Crippen LogP contribution in [-0.4, -0.2) is 60.8 Å². The Morgan fingerprint density at radius 1 is 0.773 bits per heavy atom. The Morgan fingerprint density at radius 2 is 1.32 bits per heavy atom. The molecular weight excluding hydrogens is 294 g/mol. The van der Waals surface area contributed by atoms with E-state index in [2.05, 4.69) is 6.92 Å². The Hall–Kier alpha value is 0.0569. The van der Waals surface area contributed by atoms with Crippen LogP contribution in [0.15, 0.2) is 0 Å². The molecule has 0 spiro atoms. The standard InChI is InChI=1S/C17H38NO3Si/c1-5-6-7-8-13-18(14-9-10-15-18)16-11-12-17-22(19-2,20-3)21-4/h5-17H2,1-4H3/q+1. The summed E-state index contributed by atoms with van der Waals surface area (Å²) in [6.07, 6.45) is 10.8. The van der Waals surface area contributed by atoms with Crippen LogP contribution >= 0.6 is 0 Å². The maximum Gasteiger partial charge on any atom is 0.500 e. The van der Waals surface area contributed by atoms with Crippen molar-refractivity contribution in [2.75, 3.05) is 47.5 Å². The average molecular weight is 333 g/mol. The lowest BCUT2D eigenvalue weighted by Gasteiger charge is -2.35. The monoisotopic (exact) mass is 332 g/mol. The number of rotatable bonds is 13. The third-order valence-corrected chi connectivity index (χ3v) is 8.13. The van der Waals surface area contributed by atoms with E-state index in [4.69, 9.17) is 13.3 Å². The van der Waals surface area contributed by atoms with Crippen LogP contribution in [0.25, 0.3) is 0 Å². The molecule has 0 atom stereocenters. The lowest BCUT2D eigenvalue weighted by atomic mass is 10.1. The van der Waals surface area contributed by atoms with E-state index in [1.54, 1.807) is 21.3 Å². The second kappa shape index (κ2) is 10.8. The average Bonchev–Trinajstić information content (AvgIpc) is 3.02. The fourth-order valence-electron chi connectivity index (χ4n) is 3.78. The van der Waals surface area contributed by atoms with Crippen LogP contribution < -0.4 is 0 Å². The van der Waals surface area contributed by atoms with E-state index in [0.717, 1.165) is 12.5 Å². The van der Waals surface area contributed by atoms with Crippen molar-refractivity contribution in [3.63, 3.8) is 0 Å². The quantitative estimate of drug-likeness (QED) is 0.291.